The van der Waals surface area contributed by atoms with Crippen LogP contribution in [-0.2, 0) is 9.53 Å². The summed E-state index contributed by atoms with van der Waals surface area (Å²) in [6.45, 7) is 17.5. The molecule has 4 aliphatic carbocycles. The van der Waals surface area contributed by atoms with Gasteiger partial charge in [0.05, 0.1) is 0 Å². The van der Waals surface area contributed by atoms with Gasteiger partial charge >= 0.3 is 5.97 Å². The first kappa shape index (κ1) is 40.0. The third kappa shape index (κ3) is 10.2. The van der Waals surface area contributed by atoms with Crippen LogP contribution in [0, 0.1) is 58.2 Å². The van der Waals surface area contributed by atoms with Gasteiger partial charge < -0.3 is 4.74 Å². The molecule has 0 aromatic rings. The molecule has 2 nitrogen and oxygen atoms in total. The van der Waals surface area contributed by atoms with Gasteiger partial charge in [-0.2, -0.15) is 0 Å². The molecule has 10 atom stereocenters. The van der Waals surface area contributed by atoms with Crippen molar-refractivity contribution in [2.24, 2.45) is 58.2 Å². The number of hydrogen-bond acceptors (Lipinski definition) is 2. The van der Waals surface area contributed by atoms with Gasteiger partial charge in [-0.25, -0.2) is 0 Å². The third-order valence-corrected chi connectivity index (χ3v) is 15.6. The second-order valence-electron chi connectivity index (χ2n) is 18.8. The van der Waals surface area contributed by atoms with Crippen LogP contribution >= 0.6 is 0 Å². The first-order chi connectivity index (χ1) is 23.1. The highest BCUT2D eigenvalue weighted by Gasteiger charge is 2.62. The minimum Gasteiger partial charge on any atom is -0.462 e. The Morgan fingerprint density at radius 2 is 1.40 bits per heavy atom. The van der Waals surface area contributed by atoms with Gasteiger partial charge in [0.15, 0.2) is 0 Å². The Balaban J connectivity index is 1.19. The van der Waals surface area contributed by atoms with Crippen molar-refractivity contribution in [2.75, 3.05) is 0 Å². The van der Waals surface area contributed by atoms with Gasteiger partial charge in [-0.15, -0.1) is 0 Å². The Hall–Kier alpha value is -0.790. The first-order valence-electron chi connectivity index (χ1n) is 22.0. The molecule has 2 heteroatoms. The molecule has 0 spiro atoms. The van der Waals surface area contributed by atoms with E-state index in [-0.39, 0.29) is 17.5 Å². The standard InChI is InChI=1S/C46H82O2/c1-8-9-10-11-12-13-14-15-16-17-18-19-20-21-22-26-44(47)48-43-25-23-24-38-29-30-39-41-32-31-40(37(5)28-27-36(4)35(2)3)45(41,6)34-33-42(39)46(38,43)7/h15-16,35-43H,8-14,17-34H2,1-7H3/b16-15-/t36-,37+,38+,39+,40+,41-,42-,43?,45+,46-/m0/s1. The maximum Gasteiger partial charge on any atom is 0.306 e. The fourth-order valence-corrected chi connectivity index (χ4v) is 12.1. The van der Waals surface area contributed by atoms with Crippen molar-refractivity contribution >= 4 is 5.97 Å². The number of carbonyl (C=O) groups excluding carboxylic acids is 1. The molecule has 48 heavy (non-hydrogen) atoms. The van der Waals surface area contributed by atoms with Crippen LogP contribution in [0.1, 0.15) is 209 Å². The molecule has 0 aromatic heterocycles. The number of esters is 1. The van der Waals surface area contributed by atoms with E-state index in [1.165, 1.54) is 141 Å². The summed E-state index contributed by atoms with van der Waals surface area (Å²) in [7, 11) is 0. The summed E-state index contributed by atoms with van der Waals surface area (Å²) >= 11 is 0. The molecule has 0 amide bonds. The lowest BCUT2D eigenvalue weighted by Crippen LogP contribution is -2.58. The van der Waals surface area contributed by atoms with Crippen LogP contribution in [0.2, 0.25) is 0 Å². The van der Waals surface area contributed by atoms with Crippen molar-refractivity contribution in [3.63, 3.8) is 0 Å². The largest absolute Gasteiger partial charge is 0.462 e. The highest BCUT2D eigenvalue weighted by molar-refractivity contribution is 5.69. The number of ether oxygens (including phenoxy) is 1. The summed E-state index contributed by atoms with van der Waals surface area (Å²) in [6, 6.07) is 0. The summed E-state index contributed by atoms with van der Waals surface area (Å²) in [5.74, 6) is 6.74. The molecule has 0 aromatic carbocycles. The molecule has 0 heterocycles. The first-order valence-corrected chi connectivity index (χ1v) is 22.0. The molecule has 0 saturated heterocycles. The molecule has 4 rings (SSSR count). The smallest absolute Gasteiger partial charge is 0.306 e. The second-order valence-corrected chi connectivity index (χ2v) is 18.8. The van der Waals surface area contributed by atoms with Crippen LogP contribution in [0.5, 0.6) is 0 Å². The summed E-state index contributed by atoms with van der Waals surface area (Å²) < 4.78 is 6.55. The number of fused-ring (bicyclic) bond motifs is 5. The molecule has 0 radical (unpaired) electrons. The van der Waals surface area contributed by atoms with Crippen molar-refractivity contribution in [1.82, 2.24) is 0 Å². The minimum atomic E-state index is 0.104. The van der Waals surface area contributed by atoms with Gasteiger partial charge in [0, 0.05) is 11.8 Å². The van der Waals surface area contributed by atoms with Crippen molar-refractivity contribution in [2.45, 2.75) is 215 Å². The second kappa shape index (κ2) is 19.7. The van der Waals surface area contributed by atoms with Crippen molar-refractivity contribution in [3.8, 4) is 0 Å². The zero-order valence-corrected chi connectivity index (χ0v) is 33.3. The number of hydrogen-bond donors (Lipinski definition) is 0. The third-order valence-electron chi connectivity index (χ3n) is 15.6. The maximum atomic E-state index is 13.3. The Bertz CT molecular complexity index is 952. The van der Waals surface area contributed by atoms with Crippen LogP contribution in [0.15, 0.2) is 12.2 Å². The zero-order valence-electron chi connectivity index (χ0n) is 33.3. The molecule has 4 fully saturated rings. The number of unbranched alkanes of at least 4 members (excludes halogenated alkanes) is 11. The average Bonchev–Trinajstić information content (AvgIpc) is 3.43. The molecular weight excluding hydrogens is 585 g/mol. The predicted octanol–water partition coefficient (Wildman–Crippen LogP) is 14.3. The van der Waals surface area contributed by atoms with E-state index in [0.29, 0.717) is 11.8 Å². The van der Waals surface area contributed by atoms with Gasteiger partial charge in [-0.05, 0) is 143 Å². The van der Waals surface area contributed by atoms with Crippen LogP contribution < -0.4 is 0 Å². The minimum absolute atomic E-state index is 0.104. The van der Waals surface area contributed by atoms with Crippen LogP contribution in [0.4, 0.5) is 0 Å². The maximum absolute atomic E-state index is 13.3. The van der Waals surface area contributed by atoms with E-state index < -0.39 is 0 Å². The Morgan fingerprint density at radius 1 is 0.729 bits per heavy atom. The van der Waals surface area contributed by atoms with Gasteiger partial charge in [-0.3, -0.25) is 4.79 Å². The summed E-state index contributed by atoms with van der Waals surface area (Å²) in [6.07, 6.45) is 37.4. The molecular formula is C46H82O2. The van der Waals surface area contributed by atoms with E-state index in [1.54, 1.807) is 0 Å². The summed E-state index contributed by atoms with van der Waals surface area (Å²) in [4.78, 5) is 13.3. The fourth-order valence-electron chi connectivity index (χ4n) is 12.1. The van der Waals surface area contributed by atoms with E-state index in [0.717, 1.165) is 60.2 Å². The Kier molecular flexibility index (Phi) is 16.4. The molecule has 4 aliphatic rings. The average molecular weight is 667 g/mol. The molecule has 4 saturated carbocycles. The van der Waals surface area contributed by atoms with E-state index in [2.05, 4.69) is 60.6 Å². The topological polar surface area (TPSA) is 26.3 Å². The molecule has 0 bridgehead atoms. The van der Waals surface area contributed by atoms with Gasteiger partial charge in [0.2, 0.25) is 0 Å². The fraction of sp³-hybridized carbons (Fsp3) is 0.935. The number of carbonyl (C=O) groups is 1. The van der Waals surface area contributed by atoms with E-state index in [1.807, 2.05) is 0 Å². The van der Waals surface area contributed by atoms with Gasteiger partial charge in [0.25, 0.3) is 0 Å². The molecule has 278 valence electrons. The van der Waals surface area contributed by atoms with E-state index in [9.17, 15) is 4.79 Å². The van der Waals surface area contributed by atoms with Gasteiger partial charge in [0.1, 0.15) is 6.10 Å². The number of allylic oxidation sites excluding steroid dienone is 2. The molecule has 1 unspecified atom stereocenters. The van der Waals surface area contributed by atoms with Gasteiger partial charge in [-0.1, -0.05) is 125 Å². The van der Waals surface area contributed by atoms with Crippen LogP contribution in [-0.4, -0.2) is 12.1 Å². The monoisotopic (exact) mass is 667 g/mol. The van der Waals surface area contributed by atoms with Crippen molar-refractivity contribution in [1.29, 1.82) is 0 Å². The Labute approximate surface area is 300 Å². The summed E-state index contributed by atoms with van der Waals surface area (Å²) in [5.41, 5.74) is 0.715. The van der Waals surface area contributed by atoms with E-state index >= 15 is 0 Å². The lowest BCUT2D eigenvalue weighted by molar-refractivity contribution is -0.192. The van der Waals surface area contributed by atoms with Crippen molar-refractivity contribution in [3.05, 3.63) is 12.2 Å². The SMILES string of the molecule is CCCCCCCC/C=C\CCCCCCCC(=O)OC1CCC[C@@H]2CC[C@@H]3[C@@H]4CC[C@H]([C@H](C)CC[C@H](C)C(C)C)[C@@]4(C)CC[C@@H]3[C@@]12C. The molecule has 0 N–H and O–H groups in total. The van der Waals surface area contributed by atoms with E-state index in [4.69, 9.17) is 4.74 Å². The van der Waals surface area contributed by atoms with Crippen LogP contribution in [0.3, 0.4) is 0 Å². The lowest BCUT2D eigenvalue weighted by atomic mass is 9.44. The van der Waals surface area contributed by atoms with Crippen LogP contribution in [0.25, 0.3) is 0 Å². The quantitative estimate of drug-likeness (QED) is 0.0692. The summed E-state index contributed by atoms with van der Waals surface area (Å²) in [5, 5.41) is 0. The predicted molar refractivity (Wildman–Crippen MR) is 207 cm³/mol. The normalized spacial score (nSPS) is 34.5. The zero-order chi connectivity index (χ0) is 34.6. The lowest BCUT2D eigenvalue weighted by Gasteiger charge is -2.62. The van der Waals surface area contributed by atoms with Crippen molar-refractivity contribution < 1.29 is 9.53 Å². The highest BCUT2D eigenvalue weighted by atomic mass is 16.5. The molecule has 0 aliphatic heterocycles. The number of rotatable bonds is 21. The Morgan fingerprint density at radius 3 is 2.08 bits per heavy atom. The highest BCUT2D eigenvalue weighted by Crippen LogP contribution is 2.68.